The lowest BCUT2D eigenvalue weighted by atomic mass is 10.3. The van der Waals surface area contributed by atoms with Crippen molar-refractivity contribution in [2.24, 2.45) is 0 Å². The number of ether oxygens (including phenoxy) is 1. The van der Waals surface area contributed by atoms with Crippen LogP contribution < -0.4 is 5.32 Å². The van der Waals surface area contributed by atoms with Gasteiger partial charge in [-0.15, -0.1) is 0 Å². The average Bonchev–Trinajstić information content (AvgIpc) is 2.38. The zero-order valence-corrected chi connectivity index (χ0v) is 11.6. The summed E-state index contributed by atoms with van der Waals surface area (Å²) < 4.78 is 18.2. The van der Waals surface area contributed by atoms with Crippen molar-refractivity contribution >= 4 is 34.8 Å². The van der Waals surface area contributed by atoms with E-state index in [0.29, 0.717) is 32.0 Å². The topological polar surface area (TPSA) is 41.6 Å². The van der Waals surface area contributed by atoms with Crippen LogP contribution in [0.4, 0.5) is 10.1 Å². The van der Waals surface area contributed by atoms with E-state index in [2.05, 4.69) is 5.32 Å². The van der Waals surface area contributed by atoms with Gasteiger partial charge in [-0.05, 0) is 12.1 Å². The number of morpholine rings is 1. The Bertz CT molecular complexity index is 456. The van der Waals surface area contributed by atoms with Crippen molar-refractivity contribution < 1.29 is 13.9 Å². The lowest BCUT2D eigenvalue weighted by Crippen LogP contribution is -2.43. The van der Waals surface area contributed by atoms with E-state index in [-0.39, 0.29) is 22.5 Å². The molecule has 1 aliphatic rings. The Hall–Kier alpha value is -1.04. The van der Waals surface area contributed by atoms with Crippen molar-refractivity contribution in [1.29, 1.82) is 0 Å². The summed E-state index contributed by atoms with van der Waals surface area (Å²) >= 11 is 11.7. The molecule has 1 saturated heterocycles. The van der Waals surface area contributed by atoms with E-state index < -0.39 is 5.82 Å². The first kappa shape index (κ1) is 14.4. The molecule has 0 aromatic heterocycles. The fraction of sp³-hybridized carbons (Fsp3) is 0.417. The average molecular weight is 307 g/mol. The second kappa shape index (κ2) is 6.41. The van der Waals surface area contributed by atoms with Crippen molar-refractivity contribution in [3.8, 4) is 0 Å². The molecule has 1 N–H and O–H groups in total. The Morgan fingerprint density at radius 2 is 1.89 bits per heavy atom. The van der Waals surface area contributed by atoms with Gasteiger partial charge in [-0.1, -0.05) is 23.2 Å². The number of nitrogens with zero attached hydrogens (tertiary/aromatic N) is 1. The lowest BCUT2D eigenvalue weighted by molar-refractivity contribution is -0.133. The van der Waals surface area contributed by atoms with Gasteiger partial charge in [-0.3, -0.25) is 4.79 Å². The lowest BCUT2D eigenvalue weighted by Gasteiger charge is -2.27. The molecule has 1 aliphatic heterocycles. The molecular weight excluding hydrogens is 294 g/mol. The van der Waals surface area contributed by atoms with Crippen LogP contribution >= 0.6 is 23.2 Å². The van der Waals surface area contributed by atoms with E-state index in [1.54, 1.807) is 4.90 Å². The van der Waals surface area contributed by atoms with Crippen molar-refractivity contribution in [3.63, 3.8) is 0 Å². The molecule has 0 unspecified atom stereocenters. The number of carbonyl (C=O) groups excluding carboxylic acids is 1. The highest BCUT2D eigenvalue weighted by Gasteiger charge is 2.17. The molecule has 0 saturated carbocycles. The first-order chi connectivity index (χ1) is 9.08. The number of benzene rings is 1. The molecule has 1 aromatic rings. The van der Waals surface area contributed by atoms with E-state index >= 15 is 0 Å². The summed E-state index contributed by atoms with van der Waals surface area (Å²) in [5.41, 5.74) is 0.367. The normalized spacial score (nSPS) is 15.4. The van der Waals surface area contributed by atoms with E-state index in [4.69, 9.17) is 27.9 Å². The Labute approximate surface area is 120 Å². The second-order valence-corrected chi connectivity index (χ2v) is 4.91. The Morgan fingerprint density at radius 1 is 1.32 bits per heavy atom. The maximum atomic E-state index is 13.0. The molecule has 4 nitrogen and oxygen atoms in total. The molecule has 2 rings (SSSR count). The highest BCUT2D eigenvalue weighted by molar-refractivity contribution is 6.39. The number of rotatable bonds is 3. The van der Waals surface area contributed by atoms with E-state index in [0.717, 1.165) is 12.1 Å². The van der Waals surface area contributed by atoms with Crippen LogP contribution in [0.1, 0.15) is 0 Å². The van der Waals surface area contributed by atoms with Gasteiger partial charge < -0.3 is 15.0 Å². The molecule has 0 aliphatic carbocycles. The molecule has 1 heterocycles. The fourth-order valence-electron chi connectivity index (χ4n) is 1.80. The number of hydrogen-bond donors (Lipinski definition) is 1. The Kier molecular flexibility index (Phi) is 4.85. The van der Waals surface area contributed by atoms with Gasteiger partial charge in [0.05, 0.1) is 35.5 Å². The van der Waals surface area contributed by atoms with Crippen LogP contribution in [-0.2, 0) is 9.53 Å². The van der Waals surface area contributed by atoms with Gasteiger partial charge in [0, 0.05) is 13.1 Å². The molecule has 1 aromatic carbocycles. The Morgan fingerprint density at radius 3 is 2.47 bits per heavy atom. The third kappa shape index (κ3) is 3.72. The zero-order chi connectivity index (χ0) is 13.8. The molecule has 0 bridgehead atoms. The van der Waals surface area contributed by atoms with Crippen LogP contribution in [0.5, 0.6) is 0 Å². The van der Waals surface area contributed by atoms with Crippen LogP contribution in [0.15, 0.2) is 12.1 Å². The number of amides is 1. The van der Waals surface area contributed by atoms with Gasteiger partial charge in [-0.25, -0.2) is 4.39 Å². The number of nitrogens with one attached hydrogen (secondary N) is 1. The number of halogens is 3. The van der Waals surface area contributed by atoms with Crippen molar-refractivity contribution in [2.45, 2.75) is 0 Å². The van der Waals surface area contributed by atoms with Gasteiger partial charge in [0.25, 0.3) is 0 Å². The minimum Gasteiger partial charge on any atom is -0.378 e. The second-order valence-electron chi connectivity index (χ2n) is 4.09. The molecule has 7 heteroatoms. The third-order valence-electron chi connectivity index (χ3n) is 2.79. The van der Waals surface area contributed by atoms with E-state index in [9.17, 15) is 9.18 Å². The molecule has 19 heavy (non-hydrogen) atoms. The molecule has 0 radical (unpaired) electrons. The largest absolute Gasteiger partial charge is 0.378 e. The summed E-state index contributed by atoms with van der Waals surface area (Å²) in [6.45, 7) is 2.30. The Balaban J connectivity index is 1.96. The summed E-state index contributed by atoms with van der Waals surface area (Å²) in [4.78, 5) is 13.6. The third-order valence-corrected chi connectivity index (χ3v) is 3.38. The number of anilines is 1. The predicted octanol–water partition coefficient (Wildman–Crippen LogP) is 2.40. The fourth-order valence-corrected chi connectivity index (χ4v) is 2.39. The molecule has 104 valence electrons. The maximum absolute atomic E-state index is 13.0. The zero-order valence-electron chi connectivity index (χ0n) is 10.1. The first-order valence-electron chi connectivity index (χ1n) is 5.82. The predicted molar refractivity (Wildman–Crippen MR) is 72.3 cm³/mol. The van der Waals surface area contributed by atoms with Gasteiger partial charge >= 0.3 is 0 Å². The van der Waals surface area contributed by atoms with Gasteiger partial charge in [-0.2, -0.15) is 0 Å². The summed E-state index contributed by atoms with van der Waals surface area (Å²) in [5, 5.41) is 3.15. The van der Waals surface area contributed by atoms with Crippen molar-refractivity contribution in [3.05, 3.63) is 28.0 Å². The number of hydrogen-bond acceptors (Lipinski definition) is 3. The van der Waals surface area contributed by atoms with E-state index in [1.807, 2.05) is 0 Å². The van der Waals surface area contributed by atoms with Crippen LogP contribution in [0.3, 0.4) is 0 Å². The highest BCUT2D eigenvalue weighted by Crippen LogP contribution is 2.31. The molecule has 0 atom stereocenters. The summed E-state index contributed by atoms with van der Waals surface area (Å²) in [7, 11) is 0. The van der Waals surface area contributed by atoms with Crippen molar-refractivity contribution in [2.75, 3.05) is 38.2 Å². The smallest absolute Gasteiger partial charge is 0.242 e. The standard InChI is InChI=1S/C12H13Cl2FN2O2/c13-9-5-8(15)6-10(14)12(9)16-7-11(18)17-1-3-19-4-2-17/h5-6,16H,1-4,7H2. The van der Waals surface area contributed by atoms with Crippen LogP contribution in [0, 0.1) is 5.82 Å². The molecular formula is C12H13Cl2FN2O2. The molecule has 1 amide bonds. The van der Waals surface area contributed by atoms with Crippen LogP contribution in [0.25, 0.3) is 0 Å². The monoisotopic (exact) mass is 306 g/mol. The molecule has 0 spiro atoms. The van der Waals surface area contributed by atoms with Crippen molar-refractivity contribution in [1.82, 2.24) is 4.90 Å². The summed E-state index contributed by atoms with van der Waals surface area (Å²) in [6, 6.07) is 2.30. The number of carbonyl (C=O) groups is 1. The SMILES string of the molecule is O=C(CNc1c(Cl)cc(F)cc1Cl)N1CCOCC1. The van der Waals surface area contributed by atoms with Crippen LogP contribution in [-0.4, -0.2) is 43.7 Å². The van der Waals surface area contributed by atoms with Gasteiger partial charge in [0.2, 0.25) is 5.91 Å². The van der Waals surface area contributed by atoms with Crippen LogP contribution in [0.2, 0.25) is 10.0 Å². The minimum atomic E-state index is -0.514. The van der Waals surface area contributed by atoms with Gasteiger partial charge in [0.15, 0.2) is 0 Å². The quantitative estimate of drug-likeness (QED) is 0.932. The highest BCUT2D eigenvalue weighted by atomic mass is 35.5. The molecule has 1 fully saturated rings. The van der Waals surface area contributed by atoms with E-state index in [1.165, 1.54) is 0 Å². The minimum absolute atomic E-state index is 0.0606. The summed E-state index contributed by atoms with van der Waals surface area (Å²) in [5.74, 6) is -0.584. The maximum Gasteiger partial charge on any atom is 0.242 e. The summed E-state index contributed by atoms with van der Waals surface area (Å²) in [6.07, 6.45) is 0. The first-order valence-corrected chi connectivity index (χ1v) is 6.57. The van der Waals surface area contributed by atoms with Gasteiger partial charge in [0.1, 0.15) is 5.82 Å².